The summed E-state index contributed by atoms with van der Waals surface area (Å²) in [5.74, 6) is -0.0141. The minimum absolute atomic E-state index is 0.125. The van der Waals surface area contributed by atoms with Crippen LogP contribution in [0.5, 0.6) is 0 Å². The molecule has 1 aromatic carbocycles. The topological polar surface area (TPSA) is 52.6 Å². The summed E-state index contributed by atoms with van der Waals surface area (Å²) in [5.41, 5.74) is 0.485. The molecule has 0 saturated carbocycles. The number of benzene rings is 1. The fourth-order valence-corrected chi connectivity index (χ4v) is 2.68. The van der Waals surface area contributed by atoms with E-state index in [0.29, 0.717) is 18.2 Å². The number of nitrogens with zero attached hydrogens (tertiary/aromatic N) is 1. The summed E-state index contributed by atoms with van der Waals surface area (Å²) in [7, 11) is 0. The van der Waals surface area contributed by atoms with Crippen molar-refractivity contribution in [3.05, 3.63) is 30.1 Å². The maximum atomic E-state index is 13.0. The average Bonchev–Trinajstić information content (AvgIpc) is 2.39. The number of nitrogens with one attached hydrogen (secondary N) is 1. The first-order valence-electron chi connectivity index (χ1n) is 7.06. The summed E-state index contributed by atoms with van der Waals surface area (Å²) < 4.78 is 13.0. The Balaban J connectivity index is 1.82. The van der Waals surface area contributed by atoms with Crippen LogP contribution < -0.4 is 5.32 Å². The van der Waals surface area contributed by atoms with Gasteiger partial charge in [0.25, 0.3) is 0 Å². The van der Waals surface area contributed by atoms with Gasteiger partial charge in [-0.3, -0.25) is 9.69 Å². The lowest BCUT2D eigenvalue weighted by Crippen LogP contribution is -2.40. The predicted molar refractivity (Wildman–Crippen MR) is 75.9 cm³/mol. The fourth-order valence-electron chi connectivity index (χ4n) is 2.68. The van der Waals surface area contributed by atoms with E-state index in [1.807, 2.05) is 0 Å². The summed E-state index contributed by atoms with van der Waals surface area (Å²) in [6.45, 7) is 2.27. The second-order valence-electron chi connectivity index (χ2n) is 5.31. The molecule has 1 amide bonds. The van der Waals surface area contributed by atoms with Crippen molar-refractivity contribution in [2.75, 3.05) is 31.6 Å². The van der Waals surface area contributed by atoms with E-state index in [-0.39, 0.29) is 18.3 Å². The molecule has 4 nitrogen and oxygen atoms in total. The molecule has 1 aliphatic heterocycles. The molecule has 0 spiro atoms. The van der Waals surface area contributed by atoms with E-state index >= 15 is 0 Å². The van der Waals surface area contributed by atoms with Gasteiger partial charge in [0, 0.05) is 18.8 Å². The van der Waals surface area contributed by atoms with Crippen molar-refractivity contribution in [3.8, 4) is 0 Å². The number of halogens is 1. The van der Waals surface area contributed by atoms with E-state index in [1.54, 1.807) is 12.1 Å². The highest BCUT2D eigenvalue weighted by atomic mass is 19.1. The first-order chi connectivity index (χ1) is 9.67. The molecule has 1 atom stereocenters. The first kappa shape index (κ1) is 14.9. The normalized spacial score (nSPS) is 19.8. The van der Waals surface area contributed by atoms with Gasteiger partial charge in [-0.25, -0.2) is 4.39 Å². The maximum absolute atomic E-state index is 13.0. The molecule has 0 radical (unpaired) electrons. The first-order valence-corrected chi connectivity index (χ1v) is 7.06. The molecule has 2 rings (SSSR count). The van der Waals surface area contributed by atoms with Gasteiger partial charge in [-0.05, 0) is 49.9 Å². The number of rotatable bonds is 5. The SMILES string of the molecule is O=C(CN1CCCC(CCO)C1)Nc1cccc(F)c1. The van der Waals surface area contributed by atoms with Gasteiger partial charge >= 0.3 is 0 Å². The van der Waals surface area contributed by atoms with Crippen LogP contribution in [0.1, 0.15) is 19.3 Å². The molecular formula is C15H21FN2O2. The molecule has 2 N–H and O–H groups in total. The Morgan fingerprint density at radius 3 is 3.10 bits per heavy atom. The maximum Gasteiger partial charge on any atom is 0.238 e. The van der Waals surface area contributed by atoms with Gasteiger partial charge < -0.3 is 10.4 Å². The molecule has 110 valence electrons. The summed E-state index contributed by atoms with van der Waals surface area (Å²) >= 11 is 0. The van der Waals surface area contributed by atoms with Crippen LogP contribution in [0, 0.1) is 11.7 Å². The molecule has 1 saturated heterocycles. The van der Waals surface area contributed by atoms with Crippen molar-refractivity contribution in [3.63, 3.8) is 0 Å². The van der Waals surface area contributed by atoms with Gasteiger partial charge in [-0.2, -0.15) is 0 Å². The Hall–Kier alpha value is -1.46. The molecule has 5 heteroatoms. The lowest BCUT2D eigenvalue weighted by atomic mass is 9.95. The van der Waals surface area contributed by atoms with Crippen molar-refractivity contribution >= 4 is 11.6 Å². The van der Waals surface area contributed by atoms with Crippen LogP contribution in [0.3, 0.4) is 0 Å². The summed E-state index contributed by atoms with van der Waals surface area (Å²) in [6.07, 6.45) is 2.96. The summed E-state index contributed by atoms with van der Waals surface area (Å²) in [4.78, 5) is 14.0. The second-order valence-corrected chi connectivity index (χ2v) is 5.31. The van der Waals surface area contributed by atoms with Crippen molar-refractivity contribution in [1.29, 1.82) is 0 Å². The lowest BCUT2D eigenvalue weighted by Gasteiger charge is -2.31. The summed E-state index contributed by atoms with van der Waals surface area (Å²) in [6, 6.07) is 5.90. The lowest BCUT2D eigenvalue weighted by molar-refractivity contribution is -0.117. The van der Waals surface area contributed by atoms with E-state index in [1.165, 1.54) is 12.1 Å². The number of piperidine rings is 1. The van der Waals surface area contributed by atoms with Crippen LogP contribution >= 0.6 is 0 Å². The van der Waals surface area contributed by atoms with Crippen molar-refractivity contribution in [2.45, 2.75) is 19.3 Å². The molecule has 0 bridgehead atoms. The third-order valence-electron chi connectivity index (χ3n) is 3.62. The minimum atomic E-state index is -0.358. The van der Waals surface area contributed by atoms with Crippen molar-refractivity contribution in [1.82, 2.24) is 4.90 Å². The molecule has 1 aromatic rings. The molecule has 0 aromatic heterocycles. The Morgan fingerprint density at radius 1 is 1.50 bits per heavy atom. The van der Waals surface area contributed by atoms with Crippen LogP contribution in [0.15, 0.2) is 24.3 Å². The quantitative estimate of drug-likeness (QED) is 0.865. The highest BCUT2D eigenvalue weighted by Gasteiger charge is 2.21. The number of carbonyl (C=O) groups is 1. The van der Waals surface area contributed by atoms with E-state index in [9.17, 15) is 9.18 Å². The van der Waals surface area contributed by atoms with Gasteiger partial charge in [0.2, 0.25) is 5.91 Å². The number of carbonyl (C=O) groups excluding carboxylic acids is 1. The van der Waals surface area contributed by atoms with Gasteiger partial charge in [0.05, 0.1) is 6.54 Å². The van der Waals surface area contributed by atoms with E-state index in [4.69, 9.17) is 5.11 Å². The molecule has 0 aliphatic carbocycles. The molecule has 1 fully saturated rings. The Bertz CT molecular complexity index is 451. The fraction of sp³-hybridized carbons (Fsp3) is 0.533. The highest BCUT2D eigenvalue weighted by Crippen LogP contribution is 2.19. The van der Waals surface area contributed by atoms with E-state index in [0.717, 1.165) is 32.4 Å². The van der Waals surface area contributed by atoms with Gasteiger partial charge in [0.15, 0.2) is 0 Å². The number of anilines is 1. The largest absolute Gasteiger partial charge is 0.396 e. The zero-order valence-electron chi connectivity index (χ0n) is 11.5. The Morgan fingerprint density at radius 2 is 2.35 bits per heavy atom. The second kappa shape index (κ2) is 7.36. The van der Waals surface area contributed by atoms with Gasteiger partial charge in [-0.15, -0.1) is 0 Å². The van der Waals surface area contributed by atoms with E-state index in [2.05, 4.69) is 10.2 Å². The monoisotopic (exact) mass is 280 g/mol. The molecule has 1 unspecified atom stereocenters. The number of hydrogen-bond acceptors (Lipinski definition) is 3. The van der Waals surface area contributed by atoms with Crippen molar-refractivity contribution in [2.24, 2.45) is 5.92 Å². The number of hydrogen-bond donors (Lipinski definition) is 2. The molecular weight excluding hydrogens is 259 g/mol. The number of aliphatic hydroxyl groups is 1. The van der Waals surface area contributed by atoms with Crippen LogP contribution in [0.4, 0.5) is 10.1 Å². The van der Waals surface area contributed by atoms with Gasteiger partial charge in [-0.1, -0.05) is 6.07 Å². The third-order valence-corrected chi connectivity index (χ3v) is 3.62. The van der Waals surface area contributed by atoms with E-state index < -0.39 is 0 Å². The van der Waals surface area contributed by atoms with Crippen LogP contribution in [-0.2, 0) is 4.79 Å². The highest BCUT2D eigenvalue weighted by molar-refractivity contribution is 5.92. The standard InChI is InChI=1S/C15H21FN2O2/c16-13-4-1-5-14(9-13)17-15(20)11-18-7-2-3-12(10-18)6-8-19/h1,4-5,9,12,19H,2-3,6-8,10-11H2,(H,17,20). The Labute approximate surface area is 118 Å². The zero-order chi connectivity index (χ0) is 14.4. The smallest absolute Gasteiger partial charge is 0.238 e. The minimum Gasteiger partial charge on any atom is -0.396 e. The zero-order valence-corrected chi connectivity index (χ0v) is 11.5. The van der Waals surface area contributed by atoms with Crippen LogP contribution in [-0.4, -0.2) is 42.2 Å². The van der Waals surface area contributed by atoms with Crippen LogP contribution in [0.2, 0.25) is 0 Å². The van der Waals surface area contributed by atoms with Crippen molar-refractivity contribution < 1.29 is 14.3 Å². The predicted octanol–water partition coefficient (Wildman–Crippen LogP) is 1.86. The number of aliphatic hydroxyl groups excluding tert-OH is 1. The summed E-state index contributed by atoms with van der Waals surface area (Å²) in [5, 5.41) is 11.7. The average molecular weight is 280 g/mol. The third kappa shape index (κ3) is 4.58. The van der Waals surface area contributed by atoms with Gasteiger partial charge in [0.1, 0.15) is 5.82 Å². The molecule has 1 aliphatic rings. The Kier molecular flexibility index (Phi) is 5.49. The number of likely N-dealkylation sites (tertiary alicyclic amines) is 1. The van der Waals surface area contributed by atoms with Crippen LogP contribution in [0.25, 0.3) is 0 Å². The number of amides is 1. The molecule has 20 heavy (non-hydrogen) atoms. The molecule has 1 heterocycles.